The molecule has 0 amide bonds. The summed E-state index contributed by atoms with van der Waals surface area (Å²) in [5.41, 5.74) is 2.61. The molecule has 0 fully saturated rings. The van der Waals surface area contributed by atoms with Crippen molar-refractivity contribution in [3.8, 4) is 23.7 Å². The van der Waals surface area contributed by atoms with E-state index in [1.807, 2.05) is 0 Å². The van der Waals surface area contributed by atoms with Crippen molar-refractivity contribution >= 4 is 5.57 Å². The molecule has 0 heterocycles. The normalized spacial score (nSPS) is 10.4. The second-order valence-corrected chi connectivity index (χ2v) is 5.60. The third-order valence-corrected chi connectivity index (χ3v) is 3.62. The van der Waals surface area contributed by atoms with Crippen LogP contribution in [-0.4, -0.2) is 0 Å². The Morgan fingerprint density at radius 3 is 1.56 bits per heavy atom. The first kappa shape index (κ1) is 18.1. The molecule has 0 radical (unpaired) electrons. The van der Waals surface area contributed by atoms with E-state index in [1.165, 1.54) is 36.4 Å². The van der Waals surface area contributed by atoms with E-state index in [-0.39, 0.29) is 17.5 Å². The minimum Gasteiger partial charge on any atom is -0.207 e. The predicted octanol–water partition coefficient (Wildman–Crippen LogP) is 5.59. The van der Waals surface area contributed by atoms with Gasteiger partial charge in [0.2, 0.25) is 0 Å². The van der Waals surface area contributed by atoms with Crippen molar-refractivity contribution in [2.75, 3.05) is 0 Å². The van der Waals surface area contributed by atoms with Gasteiger partial charge in [-0.15, -0.1) is 0 Å². The van der Waals surface area contributed by atoms with E-state index in [0.717, 1.165) is 0 Å². The molecule has 3 rings (SSSR count). The lowest BCUT2D eigenvalue weighted by Crippen LogP contribution is -1.83. The van der Waals surface area contributed by atoms with Crippen LogP contribution in [0.15, 0.2) is 78.9 Å². The first-order chi connectivity index (χ1) is 13.1. The predicted molar refractivity (Wildman–Crippen MR) is 101 cm³/mol. The molecule has 0 nitrogen and oxygen atoms in total. The Balaban J connectivity index is 1.94. The van der Waals surface area contributed by atoms with Crippen molar-refractivity contribution in [3.63, 3.8) is 0 Å². The second-order valence-electron chi connectivity index (χ2n) is 5.60. The van der Waals surface area contributed by atoms with Gasteiger partial charge >= 0.3 is 0 Å². The van der Waals surface area contributed by atoms with Crippen molar-refractivity contribution < 1.29 is 13.2 Å². The highest BCUT2D eigenvalue weighted by Crippen LogP contribution is 2.14. The van der Waals surface area contributed by atoms with Gasteiger partial charge in [0.05, 0.1) is 0 Å². The van der Waals surface area contributed by atoms with Crippen molar-refractivity contribution in [2.45, 2.75) is 0 Å². The standard InChI is InChI=1S/C24H13F3/c25-22-12-5-18(6-13-22)2-1-3-20(21-10-16-24(27)17-11-21)9-4-19-7-14-23(26)15-8-19/h3,5-8,10-17H/b20-3-. The minimum atomic E-state index is -0.345. The molecule has 0 bridgehead atoms. The lowest BCUT2D eigenvalue weighted by atomic mass is 10.1. The highest BCUT2D eigenvalue weighted by molar-refractivity contribution is 5.81. The maximum Gasteiger partial charge on any atom is 0.123 e. The van der Waals surface area contributed by atoms with Gasteiger partial charge in [-0.1, -0.05) is 35.8 Å². The molecule has 0 aliphatic rings. The summed E-state index contributed by atoms with van der Waals surface area (Å²) in [5.74, 6) is 10.7. The fourth-order valence-electron chi connectivity index (χ4n) is 2.22. The van der Waals surface area contributed by atoms with Crippen LogP contribution in [0.2, 0.25) is 0 Å². The highest BCUT2D eigenvalue weighted by Gasteiger charge is 1.99. The number of hydrogen-bond donors (Lipinski definition) is 0. The molecule has 3 aromatic rings. The van der Waals surface area contributed by atoms with E-state index in [1.54, 1.807) is 42.5 Å². The summed E-state index contributed by atoms with van der Waals surface area (Å²) in [6, 6.07) is 17.6. The molecular formula is C24H13F3. The molecule has 0 saturated heterocycles. The SMILES string of the molecule is Fc1ccc(C#C/C=C(/C#Cc2ccc(F)cc2)c2ccc(F)cc2)cc1. The zero-order chi connectivity index (χ0) is 19.1. The quantitative estimate of drug-likeness (QED) is 0.498. The molecule has 0 aliphatic heterocycles. The van der Waals surface area contributed by atoms with E-state index in [0.29, 0.717) is 22.3 Å². The van der Waals surface area contributed by atoms with E-state index in [4.69, 9.17) is 0 Å². The largest absolute Gasteiger partial charge is 0.207 e. The van der Waals surface area contributed by atoms with Crippen LogP contribution in [0.5, 0.6) is 0 Å². The molecule has 0 saturated carbocycles. The molecule has 0 atom stereocenters. The lowest BCUT2D eigenvalue weighted by Gasteiger charge is -1.99. The average Bonchev–Trinajstić information content (AvgIpc) is 2.68. The Hall–Kier alpha value is -3.69. The summed E-state index contributed by atoms with van der Waals surface area (Å²) < 4.78 is 39.1. The summed E-state index contributed by atoms with van der Waals surface area (Å²) >= 11 is 0. The summed E-state index contributed by atoms with van der Waals surface area (Å²) in [5, 5.41) is 0. The van der Waals surface area contributed by atoms with E-state index in [9.17, 15) is 13.2 Å². The van der Waals surface area contributed by atoms with Gasteiger partial charge in [0.15, 0.2) is 0 Å². The van der Waals surface area contributed by atoms with E-state index >= 15 is 0 Å². The van der Waals surface area contributed by atoms with Gasteiger partial charge in [-0.05, 0) is 66.2 Å². The Bertz CT molecular complexity index is 1070. The van der Waals surface area contributed by atoms with Crippen molar-refractivity contribution in [3.05, 3.63) is 113 Å². The Morgan fingerprint density at radius 1 is 0.593 bits per heavy atom. The van der Waals surface area contributed by atoms with Crippen LogP contribution in [0.25, 0.3) is 5.57 Å². The van der Waals surface area contributed by atoms with Crippen LogP contribution in [0.1, 0.15) is 16.7 Å². The first-order valence-electron chi connectivity index (χ1n) is 8.11. The molecule has 0 aliphatic carbocycles. The van der Waals surface area contributed by atoms with Crippen molar-refractivity contribution in [1.82, 2.24) is 0 Å². The van der Waals surface area contributed by atoms with Crippen molar-refractivity contribution in [1.29, 1.82) is 0 Å². The molecule has 3 heteroatoms. The third-order valence-electron chi connectivity index (χ3n) is 3.62. The Kier molecular flexibility index (Phi) is 5.77. The second kappa shape index (κ2) is 8.61. The van der Waals surface area contributed by atoms with Crippen LogP contribution in [0, 0.1) is 41.1 Å². The molecule has 0 aromatic heterocycles. The van der Waals surface area contributed by atoms with Crippen LogP contribution in [0.3, 0.4) is 0 Å². The summed E-state index contributed by atoms with van der Waals surface area (Å²) in [7, 11) is 0. The first-order valence-corrected chi connectivity index (χ1v) is 8.11. The van der Waals surface area contributed by atoms with Crippen molar-refractivity contribution in [2.24, 2.45) is 0 Å². The van der Waals surface area contributed by atoms with Gasteiger partial charge in [-0.3, -0.25) is 0 Å². The van der Waals surface area contributed by atoms with Gasteiger partial charge in [0.1, 0.15) is 17.5 Å². The lowest BCUT2D eigenvalue weighted by molar-refractivity contribution is 0.627. The van der Waals surface area contributed by atoms with Gasteiger partial charge in [-0.25, -0.2) is 13.2 Å². The molecular weight excluding hydrogens is 345 g/mol. The number of halogens is 3. The maximum absolute atomic E-state index is 13.2. The summed E-state index contributed by atoms with van der Waals surface area (Å²) in [4.78, 5) is 0. The zero-order valence-corrected chi connectivity index (χ0v) is 14.1. The fraction of sp³-hybridized carbons (Fsp3) is 0. The van der Waals surface area contributed by atoms with Crippen LogP contribution < -0.4 is 0 Å². The number of rotatable bonds is 1. The topological polar surface area (TPSA) is 0 Å². The molecule has 27 heavy (non-hydrogen) atoms. The average molecular weight is 358 g/mol. The molecule has 0 unspecified atom stereocenters. The number of benzene rings is 3. The third kappa shape index (κ3) is 5.39. The Morgan fingerprint density at radius 2 is 1.04 bits per heavy atom. The maximum atomic E-state index is 13.2. The minimum absolute atomic E-state index is 0.326. The van der Waals surface area contributed by atoms with Crippen LogP contribution >= 0.6 is 0 Å². The van der Waals surface area contributed by atoms with Gasteiger partial charge in [0.25, 0.3) is 0 Å². The van der Waals surface area contributed by atoms with Gasteiger partial charge in [0, 0.05) is 22.8 Å². The van der Waals surface area contributed by atoms with E-state index in [2.05, 4.69) is 23.7 Å². The summed E-state index contributed by atoms with van der Waals surface area (Å²) in [6.07, 6.45) is 1.62. The Labute approximate surface area is 156 Å². The molecule has 0 N–H and O–H groups in total. The van der Waals surface area contributed by atoms with Crippen LogP contribution in [0.4, 0.5) is 13.2 Å². The highest BCUT2D eigenvalue weighted by atomic mass is 19.1. The van der Waals surface area contributed by atoms with E-state index < -0.39 is 0 Å². The van der Waals surface area contributed by atoms with Crippen LogP contribution in [-0.2, 0) is 0 Å². The number of hydrogen-bond acceptors (Lipinski definition) is 0. The molecule has 3 aromatic carbocycles. The fourth-order valence-corrected chi connectivity index (χ4v) is 2.22. The smallest absolute Gasteiger partial charge is 0.123 e. The van der Waals surface area contributed by atoms with Gasteiger partial charge in [-0.2, -0.15) is 0 Å². The molecule has 0 spiro atoms. The molecule has 130 valence electrons. The monoisotopic (exact) mass is 358 g/mol. The summed E-state index contributed by atoms with van der Waals surface area (Å²) in [6.45, 7) is 0. The number of allylic oxidation sites excluding steroid dienone is 2. The zero-order valence-electron chi connectivity index (χ0n) is 14.1. The van der Waals surface area contributed by atoms with Gasteiger partial charge < -0.3 is 0 Å².